The Bertz CT molecular complexity index is 847. The number of aromatic amines is 1. The minimum absolute atomic E-state index is 0.0525. The van der Waals surface area contributed by atoms with Crippen molar-refractivity contribution in [1.82, 2.24) is 20.2 Å². The van der Waals surface area contributed by atoms with Gasteiger partial charge < -0.3 is 11.1 Å². The lowest BCUT2D eigenvalue weighted by Gasteiger charge is -2.35. The van der Waals surface area contributed by atoms with Crippen LogP contribution in [0.25, 0.3) is 0 Å². The number of hydrogen-bond acceptors (Lipinski definition) is 5. The van der Waals surface area contributed by atoms with Gasteiger partial charge in [-0.25, -0.2) is 9.37 Å². The molecule has 0 atom stereocenters. The van der Waals surface area contributed by atoms with Crippen LogP contribution >= 0.6 is 0 Å². The molecule has 0 spiro atoms. The van der Waals surface area contributed by atoms with Crippen molar-refractivity contribution in [2.45, 2.75) is 31.3 Å². The number of carbonyl (C=O) groups is 1. The first-order valence-corrected chi connectivity index (χ1v) is 8.48. The normalized spacial score (nSPS) is 19.2. The van der Waals surface area contributed by atoms with Gasteiger partial charge >= 0.3 is 0 Å². The van der Waals surface area contributed by atoms with Gasteiger partial charge in [-0.2, -0.15) is 0 Å². The molecule has 1 amide bonds. The molecule has 7 nitrogen and oxygen atoms in total. The van der Waals surface area contributed by atoms with Gasteiger partial charge in [0.1, 0.15) is 5.82 Å². The summed E-state index contributed by atoms with van der Waals surface area (Å²) in [6.45, 7) is 0.551. The molecule has 0 unspecified atom stereocenters. The van der Waals surface area contributed by atoms with Crippen LogP contribution in [-0.2, 0) is 11.3 Å². The SMILES string of the molecule is CN(CC(=O)NC1CC(c2cc(=O)[nH]c(N)n2)C1)Cc1ccccc1F. The predicted molar refractivity (Wildman–Crippen MR) is 95.9 cm³/mol. The summed E-state index contributed by atoms with van der Waals surface area (Å²) in [6, 6.07) is 8.03. The molecule has 1 aliphatic rings. The third-order valence-electron chi connectivity index (χ3n) is 4.51. The van der Waals surface area contributed by atoms with Crippen molar-refractivity contribution in [2.75, 3.05) is 19.3 Å². The van der Waals surface area contributed by atoms with Crippen molar-refractivity contribution in [3.05, 3.63) is 57.8 Å². The number of nitrogens with zero attached hydrogens (tertiary/aromatic N) is 2. The van der Waals surface area contributed by atoms with E-state index in [-0.39, 0.29) is 41.7 Å². The van der Waals surface area contributed by atoms with Gasteiger partial charge in [0.15, 0.2) is 0 Å². The minimum Gasteiger partial charge on any atom is -0.369 e. The van der Waals surface area contributed by atoms with Gasteiger partial charge in [0.25, 0.3) is 5.56 Å². The molecule has 0 saturated heterocycles. The number of rotatable bonds is 6. The van der Waals surface area contributed by atoms with Crippen LogP contribution in [0, 0.1) is 5.82 Å². The standard InChI is InChI=1S/C18H22FN5O2/c1-24(9-11-4-2-3-5-14(11)19)10-17(26)21-13-6-12(7-13)15-8-16(25)23-18(20)22-15/h2-5,8,12-13H,6-7,9-10H2,1H3,(H,21,26)(H3,20,22,23,25). The zero-order valence-corrected chi connectivity index (χ0v) is 14.5. The van der Waals surface area contributed by atoms with E-state index in [1.54, 1.807) is 30.1 Å². The second-order valence-electron chi connectivity index (χ2n) is 6.75. The number of H-pyrrole nitrogens is 1. The van der Waals surface area contributed by atoms with Gasteiger partial charge in [0, 0.05) is 30.1 Å². The average Bonchev–Trinajstić information content (AvgIpc) is 2.51. The van der Waals surface area contributed by atoms with Crippen LogP contribution in [0.5, 0.6) is 0 Å². The van der Waals surface area contributed by atoms with Crippen molar-refractivity contribution >= 4 is 11.9 Å². The van der Waals surface area contributed by atoms with Crippen molar-refractivity contribution in [2.24, 2.45) is 0 Å². The highest BCUT2D eigenvalue weighted by molar-refractivity contribution is 5.78. The van der Waals surface area contributed by atoms with E-state index in [9.17, 15) is 14.0 Å². The Kier molecular flexibility index (Phi) is 5.32. The Hall–Kier alpha value is -2.74. The molecule has 26 heavy (non-hydrogen) atoms. The van der Waals surface area contributed by atoms with E-state index in [2.05, 4.69) is 15.3 Å². The highest BCUT2D eigenvalue weighted by Gasteiger charge is 2.32. The molecule has 1 heterocycles. The fourth-order valence-corrected chi connectivity index (χ4v) is 3.17. The summed E-state index contributed by atoms with van der Waals surface area (Å²) in [4.78, 5) is 31.9. The fourth-order valence-electron chi connectivity index (χ4n) is 3.17. The summed E-state index contributed by atoms with van der Waals surface area (Å²) in [7, 11) is 1.78. The lowest BCUT2D eigenvalue weighted by atomic mass is 9.78. The maximum absolute atomic E-state index is 13.7. The van der Waals surface area contributed by atoms with Gasteiger partial charge in [0.2, 0.25) is 11.9 Å². The Morgan fingerprint density at radius 3 is 2.85 bits per heavy atom. The molecule has 138 valence electrons. The smallest absolute Gasteiger partial charge is 0.252 e. The van der Waals surface area contributed by atoms with E-state index in [4.69, 9.17) is 5.73 Å². The van der Waals surface area contributed by atoms with E-state index in [1.165, 1.54) is 12.1 Å². The van der Waals surface area contributed by atoms with Gasteiger partial charge in [-0.1, -0.05) is 18.2 Å². The molecular weight excluding hydrogens is 337 g/mol. The lowest BCUT2D eigenvalue weighted by molar-refractivity contribution is -0.123. The van der Waals surface area contributed by atoms with Crippen molar-refractivity contribution < 1.29 is 9.18 Å². The van der Waals surface area contributed by atoms with E-state index in [1.807, 2.05) is 0 Å². The number of amides is 1. The van der Waals surface area contributed by atoms with Crippen LogP contribution in [-0.4, -0.2) is 40.4 Å². The summed E-state index contributed by atoms with van der Waals surface area (Å²) >= 11 is 0. The predicted octanol–water partition coefficient (Wildman–Crippen LogP) is 0.985. The molecule has 1 fully saturated rings. The summed E-state index contributed by atoms with van der Waals surface area (Å²) in [6.07, 6.45) is 1.44. The number of benzene rings is 1. The van der Waals surface area contributed by atoms with Gasteiger partial charge in [0.05, 0.1) is 12.2 Å². The topological polar surface area (TPSA) is 104 Å². The molecule has 1 aromatic heterocycles. The first-order chi connectivity index (χ1) is 12.4. The molecule has 1 saturated carbocycles. The van der Waals surface area contributed by atoms with E-state index < -0.39 is 0 Å². The molecule has 1 aromatic carbocycles. The van der Waals surface area contributed by atoms with E-state index >= 15 is 0 Å². The molecule has 8 heteroatoms. The van der Waals surface area contributed by atoms with Crippen LogP contribution < -0.4 is 16.6 Å². The van der Waals surface area contributed by atoms with Crippen LogP contribution in [0.1, 0.15) is 30.0 Å². The maximum Gasteiger partial charge on any atom is 0.252 e. The molecular formula is C18H22FN5O2. The highest BCUT2D eigenvalue weighted by Crippen LogP contribution is 2.35. The van der Waals surface area contributed by atoms with Gasteiger partial charge in [-0.15, -0.1) is 0 Å². The van der Waals surface area contributed by atoms with Crippen molar-refractivity contribution in [1.29, 1.82) is 0 Å². The third-order valence-corrected chi connectivity index (χ3v) is 4.51. The number of carbonyl (C=O) groups excluding carboxylic acids is 1. The number of hydrogen-bond donors (Lipinski definition) is 3. The summed E-state index contributed by atoms with van der Waals surface area (Å²) in [5.74, 6) is -0.146. The summed E-state index contributed by atoms with van der Waals surface area (Å²) in [5, 5.41) is 2.96. The number of nitrogens with two attached hydrogens (primary N) is 1. The molecule has 3 rings (SSSR count). The number of halogens is 1. The molecule has 0 aliphatic heterocycles. The average molecular weight is 359 g/mol. The number of anilines is 1. The molecule has 1 aliphatic carbocycles. The zero-order valence-electron chi connectivity index (χ0n) is 14.5. The van der Waals surface area contributed by atoms with Crippen LogP contribution in [0.4, 0.5) is 10.3 Å². The zero-order chi connectivity index (χ0) is 18.7. The highest BCUT2D eigenvalue weighted by atomic mass is 19.1. The maximum atomic E-state index is 13.7. The minimum atomic E-state index is -0.272. The van der Waals surface area contributed by atoms with Gasteiger partial charge in [-0.3, -0.25) is 19.5 Å². The van der Waals surface area contributed by atoms with Crippen molar-refractivity contribution in [3.63, 3.8) is 0 Å². The second-order valence-corrected chi connectivity index (χ2v) is 6.75. The van der Waals surface area contributed by atoms with Crippen LogP contribution in [0.3, 0.4) is 0 Å². The Morgan fingerprint density at radius 2 is 2.15 bits per heavy atom. The van der Waals surface area contributed by atoms with Crippen molar-refractivity contribution in [3.8, 4) is 0 Å². The first-order valence-electron chi connectivity index (χ1n) is 8.48. The third kappa shape index (κ3) is 4.45. The van der Waals surface area contributed by atoms with E-state index in [0.29, 0.717) is 17.8 Å². The Balaban J connectivity index is 1.45. The number of likely N-dealkylation sites (N-methyl/N-ethyl adjacent to an activating group) is 1. The van der Waals surface area contributed by atoms with Crippen LogP contribution in [0.15, 0.2) is 35.1 Å². The Labute approximate surface area is 150 Å². The largest absolute Gasteiger partial charge is 0.369 e. The first kappa shape index (κ1) is 18.1. The number of nitrogens with one attached hydrogen (secondary N) is 2. The summed E-state index contributed by atoms with van der Waals surface area (Å²) < 4.78 is 13.7. The van der Waals surface area contributed by atoms with E-state index in [0.717, 1.165) is 12.8 Å². The Morgan fingerprint density at radius 1 is 1.42 bits per heavy atom. The molecule has 4 N–H and O–H groups in total. The summed E-state index contributed by atoms with van der Waals surface area (Å²) in [5.41, 5.74) is 6.50. The lowest BCUT2D eigenvalue weighted by Crippen LogP contribution is -2.46. The second kappa shape index (κ2) is 7.65. The van der Waals surface area contributed by atoms with Gasteiger partial charge in [-0.05, 0) is 26.0 Å². The fraction of sp³-hybridized carbons (Fsp3) is 0.389. The van der Waals surface area contributed by atoms with Crippen LogP contribution in [0.2, 0.25) is 0 Å². The number of aromatic nitrogens is 2. The molecule has 0 radical (unpaired) electrons. The molecule has 0 bridgehead atoms. The molecule has 2 aromatic rings. The quantitative estimate of drug-likeness (QED) is 0.713. The number of nitrogen functional groups attached to an aromatic ring is 1. The monoisotopic (exact) mass is 359 g/mol.